The fourth-order valence-electron chi connectivity index (χ4n) is 4.29. The Balaban J connectivity index is 1.89. The number of aromatic amines is 1. The third-order valence-corrected chi connectivity index (χ3v) is 5.59. The Labute approximate surface area is 173 Å². The number of nitrogens with two attached hydrogens (primary N) is 1. The van der Waals surface area contributed by atoms with E-state index in [1.807, 2.05) is 56.3 Å². The van der Waals surface area contributed by atoms with Crippen LogP contribution in [0.1, 0.15) is 23.9 Å². The number of benzene rings is 1. The Morgan fingerprint density at radius 1 is 1.10 bits per heavy atom. The topological polar surface area (TPSA) is 106 Å². The molecule has 30 heavy (non-hydrogen) atoms. The Morgan fingerprint density at radius 2 is 1.83 bits per heavy atom. The molecule has 3 aromatic heterocycles. The maximum absolute atomic E-state index is 13.2. The van der Waals surface area contributed by atoms with Gasteiger partial charge in [-0.25, -0.2) is 9.89 Å². The minimum absolute atomic E-state index is 0.0609. The van der Waals surface area contributed by atoms with Crippen molar-refractivity contribution >= 4 is 11.6 Å². The highest BCUT2D eigenvalue weighted by molar-refractivity contribution is 5.88. The molecule has 8 heteroatoms. The van der Waals surface area contributed by atoms with Gasteiger partial charge in [-0.1, -0.05) is 30.3 Å². The molecule has 0 saturated carbocycles. The monoisotopic (exact) mass is 402 g/mol. The summed E-state index contributed by atoms with van der Waals surface area (Å²) in [6, 6.07) is 14.0. The van der Waals surface area contributed by atoms with E-state index in [1.165, 1.54) is 4.40 Å². The van der Waals surface area contributed by atoms with Gasteiger partial charge in [0, 0.05) is 23.5 Å². The molecule has 1 unspecified atom stereocenters. The number of aromatic nitrogens is 5. The standard InChI is InChI=1S/C22H23N7O/c1-13-10-16(11-14(2)25-13)18-19(15-6-4-3-5-7-15)26-21(23)28-20(18)27-29(22(28)30)17-8-9-24-12-17/h3-7,10-11,17,24H,8-9,12H2,1-2H3,(H2,23,25,26,27)/p+1. The molecule has 0 bridgehead atoms. The third kappa shape index (κ3) is 2.96. The fraction of sp³-hybridized carbons (Fsp3) is 0.273. The number of pyridine rings is 1. The SMILES string of the molecule is Cc1cc(-c2c(-c3ccccc3)nc(N)[n+]3c(=O)n(C4CCNC4)[nH]c23)cc(C)n1. The fourth-order valence-corrected chi connectivity index (χ4v) is 4.29. The van der Waals surface area contributed by atoms with Crippen molar-refractivity contribution in [1.29, 1.82) is 0 Å². The molecular weight excluding hydrogens is 378 g/mol. The molecular formula is C22H24N7O+. The van der Waals surface area contributed by atoms with E-state index in [9.17, 15) is 4.79 Å². The molecule has 0 amide bonds. The molecule has 0 spiro atoms. The number of rotatable bonds is 3. The Hall–Kier alpha value is -3.52. The van der Waals surface area contributed by atoms with Crippen molar-refractivity contribution in [3.8, 4) is 22.4 Å². The van der Waals surface area contributed by atoms with E-state index in [2.05, 4.69) is 20.4 Å². The average Bonchev–Trinajstić information content (AvgIpc) is 3.36. The maximum Gasteiger partial charge on any atom is 0.428 e. The van der Waals surface area contributed by atoms with E-state index >= 15 is 0 Å². The summed E-state index contributed by atoms with van der Waals surface area (Å²) in [4.78, 5) is 22.4. The second kappa shape index (κ2) is 7.07. The van der Waals surface area contributed by atoms with Crippen LogP contribution < -0.4 is 21.1 Å². The number of hydrogen-bond acceptors (Lipinski definition) is 5. The number of nitrogen functional groups attached to an aromatic ring is 1. The lowest BCUT2D eigenvalue weighted by Crippen LogP contribution is -2.45. The van der Waals surface area contributed by atoms with Gasteiger partial charge in [-0.15, -0.1) is 9.38 Å². The third-order valence-electron chi connectivity index (χ3n) is 5.59. The lowest BCUT2D eigenvalue weighted by atomic mass is 9.99. The largest absolute Gasteiger partial charge is 0.428 e. The van der Waals surface area contributed by atoms with Gasteiger partial charge in [0.2, 0.25) is 5.65 Å². The van der Waals surface area contributed by atoms with Crippen molar-refractivity contribution in [1.82, 2.24) is 25.1 Å². The minimum Gasteiger partial charge on any atom is -0.319 e. The van der Waals surface area contributed by atoms with Crippen molar-refractivity contribution in [3.05, 3.63) is 64.3 Å². The van der Waals surface area contributed by atoms with Gasteiger partial charge >= 0.3 is 11.6 Å². The van der Waals surface area contributed by atoms with E-state index in [4.69, 9.17) is 5.73 Å². The summed E-state index contributed by atoms with van der Waals surface area (Å²) in [5.41, 5.74) is 12.0. The van der Waals surface area contributed by atoms with Gasteiger partial charge in [-0.05, 0) is 44.5 Å². The molecule has 4 N–H and O–H groups in total. The smallest absolute Gasteiger partial charge is 0.319 e. The molecule has 1 aliphatic rings. The number of anilines is 1. The zero-order valence-electron chi connectivity index (χ0n) is 17.0. The number of hydrogen-bond donors (Lipinski definition) is 3. The maximum atomic E-state index is 13.2. The summed E-state index contributed by atoms with van der Waals surface area (Å²) >= 11 is 0. The van der Waals surface area contributed by atoms with Crippen LogP contribution >= 0.6 is 0 Å². The lowest BCUT2D eigenvalue weighted by Gasteiger charge is -2.10. The zero-order chi connectivity index (χ0) is 20.8. The van der Waals surface area contributed by atoms with E-state index < -0.39 is 0 Å². The van der Waals surface area contributed by atoms with Crippen molar-refractivity contribution in [3.63, 3.8) is 0 Å². The normalized spacial score (nSPS) is 16.4. The van der Waals surface area contributed by atoms with Crippen molar-refractivity contribution in [2.45, 2.75) is 26.3 Å². The number of aryl methyl sites for hydroxylation is 2. The van der Waals surface area contributed by atoms with Crippen LogP contribution in [0.3, 0.4) is 0 Å². The van der Waals surface area contributed by atoms with Gasteiger partial charge in [0.1, 0.15) is 11.7 Å². The Kier molecular flexibility index (Phi) is 4.36. The van der Waals surface area contributed by atoms with Crippen LogP contribution in [0.25, 0.3) is 28.0 Å². The molecule has 152 valence electrons. The molecule has 1 saturated heterocycles. The first-order chi connectivity index (χ1) is 14.5. The first-order valence-electron chi connectivity index (χ1n) is 10.1. The molecule has 0 radical (unpaired) electrons. The minimum atomic E-state index is -0.202. The molecule has 0 aliphatic carbocycles. The molecule has 4 heterocycles. The van der Waals surface area contributed by atoms with Crippen molar-refractivity contribution < 1.29 is 4.40 Å². The Morgan fingerprint density at radius 3 is 2.50 bits per heavy atom. The average molecular weight is 402 g/mol. The molecule has 1 aromatic carbocycles. The predicted octanol–water partition coefficient (Wildman–Crippen LogP) is 1.77. The highest BCUT2D eigenvalue weighted by Gasteiger charge is 2.29. The first kappa shape index (κ1) is 18.5. The molecule has 8 nitrogen and oxygen atoms in total. The van der Waals surface area contributed by atoms with Gasteiger partial charge < -0.3 is 11.1 Å². The van der Waals surface area contributed by atoms with E-state index in [0.717, 1.165) is 53.3 Å². The van der Waals surface area contributed by atoms with Gasteiger partial charge in [0.15, 0.2) is 0 Å². The van der Waals surface area contributed by atoms with Crippen LogP contribution in [0.4, 0.5) is 5.95 Å². The molecule has 1 fully saturated rings. The summed E-state index contributed by atoms with van der Waals surface area (Å²) in [5, 5.41) is 6.66. The van der Waals surface area contributed by atoms with Gasteiger partial charge in [0.05, 0.1) is 5.56 Å². The van der Waals surface area contributed by atoms with Crippen LogP contribution in [-0.4, -0.2) is 32.8 Å². The van der Waals surface area contributed by atoms with Crippen LogP contribution in [-0.2, 0) is 0 Å². The molecule has 1 aliphatic heterocycles. The van der Waals surface area contributed by atoms with E-state index in [1.54, 1.807) is 4.68 Å². The lowest BCUT2D eigenvalue weighted by molar-refractivity contribution is -0.517. The van der Waals surface area contributed by atoms with Crippen LogP contribution in [0.5, 0.6) is 0 Å². The quantitative estimate of drug-likeness (QED) is 0.453. The van der Waals surface area contributed by atoms with Gasteiger partial charge in [0.25, 0.3) is 0 Å². The number of nitrogens with zero attached hydrogens (tertiary/aromatic N) is 4. The number of fused-ring (bicyclic) bond motifs is 1. The van der Waals surface area contributed by atoms with E-state index in [0.29, 0.717) is 5.65 Å². The summed E-state index contributed by atoms with van der Waals surface area (Å²) in [7, 11) is 0. The van der Waals surface area contributed by atoms with Crippen LogP contribution in [0.15, 0.2) is 47.3 Å². The summed E-state index contributed by atoms with van der Waals surface area (Å²) in [6.45, 7) is 5.56. The van der Waals surface area contributed by atoms with E-state index in [-0.39, 0.29) is 17.7 Å². The predicted molar refractivity (Wildman–Crippen MR) is 115 cm³/mol. The summed E-state index contributed by atoms with van der Waals surface area (Å²) in [6.07, 6.45) is 0.884. The van der Waals surface area contributed by atoms with Gasteiger partial charge in [-0.2, -0.15) is 4.68 Å². The second-order valence-electron chi connectivity index (χ2n) is 7.79. The highest BCUT2D eigenvalue weighted by atomic mass is 16.2. The second-order valence-corrected chi connectivity index (χ2v) is 7.79. The first-order valence-corrected chi connectivity index (χ1v) is 10.1. The number of H-pyrrole nitrogens is 1. The molecule has 1 atom stereocenters. The van der Waals surface area contributed by atoms with Crippen LogP contribution in [0.2, 0.25) is 0 Å². The van der Waals surface area contributed by atoms with Crippen LogP contribution in [0, 0.1) is 13.8 Å². The Bertz CT molecular complexity index is 1280. The van der Waals surface area contributed by atoms with Crippen molar-refractivity contribution in [2.75, 3.05) is 18.8 Å². The zero-order valence-corrected chi connectivity index (χ0v) is 17.0. The van der Waals surface area contributed by atoms with Crippen molar-refractivity contribution in [2.24, 2.45) is 0 Å². The molecule has 5 rings (SSSR count). The van der Waals surface area contributed by atoms with Gasteiger partial charge in [-0.3, -0.25) is 4.98 Å². The highest BCUT2D eigenvalue weighted by Crippen LogP contribution is 2.33. The molecule has 4 aromatic rings. The number of nitrogens with one attached hydrogen (secondary N) is 2. The summed E-state index contributed by atoms with van der Waals surface area (Å²) in [5.74, 6) is 0.168. The summed E-state index contributed by atoms with van der Waals surface area (Å²) < 4.78 is 3.15.